The van der Waals surface area contributed by atoms with Crippen LogP contribution in [0.3, 0.4) is 0 Å². The normalized spacial score (nSPS) is 22.2. The highest BCUT2D eigenvalue weighted by Gasteiger charge is 2.60. The largest absolute Gasteiger partial charge is 0.490 e. The third-order valence-corrected chi connectivity index (χ3v) is 7.03. The number of carbonyl (C=O) groups excluding carboxylic acids is 2. The maximum Gasteiger partial charge on any atom is 0.321 e. The Balaban J connectivity index is 1.59. The first kappa shape index (κ1) is 23.7. The van der Waals surface area contributed by atoms with Gasteiger partial charge in [-0.05, 0) is 51.0 Å². The van der Waals surface area contributed by atoms with E-state index < -0.39 is 17.7 Å². The molecule has 2 aliphatic heterocycles. The molecular formula is C29H31N3O4. The van der Waals surface area contributed by atoms with E-state index in [9.17, 15) is 9.59 Å². The molecule has 2 N–H and O–H groups in total. The van der Waals surface area contributed by atoms with Gasteiger partial charge in [0, 0.05) is 11.3 Å². The number of aryl methyl sites for hydroxylation is 2. The van der Waals surface area contributed by atoms with Gasteiger partial charge in [0.25, 0.3) is 0 Å². The number of rotatable bonds is 6. The Morgan fingerprint density at radius 1 is 1.11 bits per heavy atom. The highest BCUT2D eigenvalue weighted by Crippen LogP contribution is 2.52. The summed E-state index contributed by atoms with van der Waals surface area (Å²) in [6.45, 7) is 8.47. The zero-order valence-electron chi connectivity index (χ0n) is 21.0. The first-order chi connectivity index (χ1) is 17.3. The molecule has 36 heavy (non-hydrogen) atoms. The van der Waals surface area contributed by atoms with Gasteiger partial charge in [-0.1, -0.05) is 60.2 Å². The van der Waals surface area contributed by atoms with Crippen molar-refractivity contribution in [1.82, 2.24) is 10.2 Å². The van der Waals surface area contributed by atoms with Crippen LogP contribution < -0.4 is 20.1 Å². The van der Waals surface area contributed by atoms with Crippen molar-refractivity contribution in [1.29, 1.82) is 0 Å². The Bertz CT molecular complexity index is 1310. The van der Waals surface area contributed by atoms with Crippen LogP contribution in [-0.2, 0) is 11.3 Å². The molecule has 2 bridgehead atoms. The lowest BCUT2D eigenvalue weighted by Gasteiger charge is -2.54. The zero-order valence-corrected chi connectivity index (χ0v) is 21.0. The predicted octanol–water partition coefficient (Wildman–Crippen LogP) is 5.33. The first-order valence-electron chi connectivity index (χ1n) is 12.3. The number of hydrogen-bond donors (Lipinski definition) is 2. The van der Waals surface area contributed by atoms with E-state index in [-0.39, 0.29) is 18.5 Å². The van der Waals surface area contributed by atoms with E-state index in [0.29, 0.717) is 18.1 Å². The standard InChI is InChI=1S/C29H31N3O4/c1-5-35-23-13-9-12-21-25-24(27(33)30-22-15-14-18(2)16-19(22)3)29(4,36-26(21)23)32(28(34)31-25)17-20-10-7-6-8-11-20/h6-16,24-25H,5,17H2,1-4H3,(H,30,33)(H,31,34)/t24-,25-,29-/m1/s1. The van der Waals surface area contributed by atoms with Crippen LogP contribution in [0.5, 0.6) is 11.5 Å². The van der Waals surface area contributed by atoms with Gasteiger partial charge in [0.15, 0.2) is 17.2 Å². The van der Waals surface area contributed by atoms with Crippen molar-refractivity contribution in [2.24, 2.45) is 5.92 Å². The highest BCUT2D eigenvalue weighted by atomic mass is 16.5. The van der Waals surface area contributed by atoms with E-state index in [1.807, 2.05) is 94.4 Å². The van der Waals surface area contributed by atoms with Gasteiger partial charge in [-0.25, -0.2) is 4.79 Å². The lowest BCUT2D eigenvalue weighted by atomic mass is 9.78. The number of ether oxygens (including phenoxy) is 2. The molecule has 2 heterocycles. The summed E-state index contributed by atoms with van der Waals surface area (Å²) in [7, 11) is 0. The van der Waals surface area contributed by atoms with Gasteiger partial charge in [0.1, 0.15) is 5.92 Å². The molecule has 3 aromatic carbocycles. The maximum atomic E-state index is 13.9. The molecule has 0 radical (unpaired) electrons. The number of benzene rings is 3. The SMILES string of the molecule is CCOc1cccc2c1O[C@]1(C)[C@@H](C(=O)Nc3ccc(C)cc3C)[C@@H]2NC(=O)N1Cc1ccccc1. The number of hydrogen-bond acceptors (Lipinski definition) is 4. The molecule has 0 unspecified atom stereocenters. The van der Waals surface area contributed by atoms with E-state index in [1.165, 1.54) is 0 Å². The monoisotopic (exact) mass is 485 g/mol. The Morgan fingerprint density at radius 3 is 2.61 bits per heavy atom. The minimum Gasteiger partial charge on any atom is -0.490 e. The Morgan fingerprint density at radius 2 is 1.89 bits per heavy atom. The maximum absolute atomic E-state index is 13.9. The molecule has 3 aromatic rings. The fourth-order valence-corrected chi connectivity index (χ4v) is 5.27. The minimum atomic E-state index is -1.26. The molecule has 0 spiro atoms. The molecule has 0 aliphatic carbocycles. The highest BCUT2D eigenvalue weighted by molar-refractivity contribution is 5.96. The summed E-state index contributed by atoms with van der Waals surface area (Å²) >= 11 is 0. The van der Waals surface area contributed by atoms with Crippen molar-refractivity contribution in [3.63, 3.8) is 0 Å². The average molecular weight is 486 g/mol. The molecule has 1 saturated heterocycles. The summed E-state index contributed by atoms with van der Waals surface area (Å²) < 4.78 is 12.5. The average Bonchev–Trinajstić information content (AvgIpc) is 2.85. The molecule has 7 heteroatoms. The van der Waals surface area contributed by atoms with Crippen molar-refractivity contribution in [2.75, 3.05) is 11.9 Å². The van der Waals surface area contributed by atoms with E-state index in [4.69, 9.17) is 9.47 Å². The summed E-state index contributed by atoms with van der Waals surface area (Å²) in [6.07, 6.45) is 0. The first-order valence-corrected chi connectivity index (χ1v) is 12.3. The van der Waals surface area contributed by atoms with E-state index in [2.05, 4.69) is 10.6 Å². The van der Waals surface area contributed by atoms with Crippen molar-refractivity contribution in [3.8, 4) is 11.5 Å². The topological polar surface area (TPSA) is 79.9 Å². The van der Waals surface area contributed by atoms with Crippen LogP contribution in [0, 0.1) is 19.8 Å². The lowest BCUT2D eigenvalue weighted by Crippen LogP contribution is -2.71. The summed E-state index contributed by atoms with van der Waals surface area (Å²) in [5, 5.41) is 6.20. The number of para-hydroxylation sites is 1. The summed E-state index contributed by atoms with van der Waals surface area (Å²) in [5.74, 6) is 0.208. The van der Waals surface area contributed by atoms with Crippen molar-refractivity contribution in [3.05, 3.63) is 89.0 Å². The Hall–Kier alpha value is -4.00. The summed E-state index contributed by atoms with van der Waals surface area (Å²) in [4.78, 5) is 29.0. The minimum absolute atomic E-state index is 0.222. The number of amides is 3. The molecule has 1 fully saturated rings. The second-order valence-corrected chi connectivity index (χ2v) is 9.55. The van der Waals surface area contributed by atoms with Gasteiger partial charge in [0.05, 0.1) is 19.2 Å². The number of fused-ring (bicyclic) bond motifs is 4. The fraction of sp³-hybridized carbons (Fsp3) is 0.310. The smallest absolute Gasteiger partial charge is 0.321 e. The third-order valence-electron chi connectivity index (χ3n) is 7.03. The van der Waals surface area contributed by atoms with Crippen LogP contribution in [0.4, 0.5) is 10.5 Å². The second-order valence-electron chi connectivity index (χ2n) is 9.55. The van der Waals surface area contributed by atoms with Crippen LogP contribution in [-0.4, -0.2) is 29.2 Å². The van der Waals surface area contributed by atoms with E-state index in [1.54, 1.807) is 4.90 Å². The van der Waals surface area contributed by atoms with E-state index in [0.717, 1.165) is 27.9 Å². The van der Waals surface area contributed by atoms with Gasteiger partial charge in [0.2, 0.25) is 5.91 Å². The number of carbonyl (C=O) groups is 2. The lowest BCUT2D eigenvalue weighted by molar-refractivity contribution is -0.156. The van der Waals surface area contributed by atoms with Crippen LogP contribution >= 0.6 is 0 Å². The number of nitrogens with zero attached hydrogens (tertiary/aromatic N) is 1. The molecule has 7 nitrogen and oxygen atoms in total. The van der Waals surface area contributed by atoms with E-state index >= 15 is 0 Å². The van der Waals surface area contributed by atoms with Gasteiger partial charge >= 0.3 is 6.03 Å². The summed E-state index contributed by atoms with van der Waals surface area (Å²) in [6, 6.07) is 20.3. The van der Waals surface area contributed by atoms with Crippen LogP contribution in [0.15, 0.2) is 66.7 Å². The van der Waals surface area contributed by atoms with Gasteiger partial charge in [-0.3, -0.25) is 9.69 Å². The molecule has 0 saturated carbocycles. The van der Waals surface area contributed by atoms with Gasteiger partial charge in [-0.15, -0.1) is 0 Å². The van der Waals surface area contributed by atoms with Crippen LogP contribution in [0.25, 0.3) is 0 Å². The van der Waals surface area contributed by atoms with Gasteiger partial charge < -0.3 is 20.1 Å². The number of nitrogens with one attached hydrogen (secondary N) is 2. The molecule has 3 atom stereocenters. The number of anilines is 1. The van der Waals surface area contributed by atoms with Gasteiger partial charge in [-0.2, -0.15) is 0 Å². The predicted molar refractivity (Wildman–Crippen MR) is 138 cm³/mol. The Labute approximate surface area is 211 Å². The molecule has 5 rings (SSSR count). The molecular weight excluding hydrogens is 454 g/mol. The molecule has 2 aliphatic rings. The van der Waals surface area contributed by atoms with Crippen molar-refractivity contribution in [2.45, 2.75) is 46.0 Å². The quantitative estimate of drug-likeness (QED) is 0.495. The fourth-order valence-electron chi connectivity index (χ4n) is 5.27. The molecule has 3 amide bonds. The van der Waals surface area contributed by atoms with Crippen LogP contribution in [0.1, 0.15) is 42.1 Å². The summed E-state index contributed by atoms with van der Waals surface area (Å²) in [5.41, 5.74) is 3.24. The third kappa shape index (κ3) is 4.04. The van der Waals surface area contributed by atoms with Crippen molar-refractivity contribution >= 4 is 17.6 Å². The number of urea groups is 1. The van der Waals surface area contributed by atoms with Crippen molar-refractivity contribution < 1.29 is 19.1 Å². The Kier molecular flexibility index (Phi) is 6.08. The zero-order chi connectivity index (χ0) is 25.4. The molecule has 186 valence electrons. The molecule has 0 aromatic heterocycles. The second kappa shape index (κ2) is 9.22. The van der Waals surface area contributed by atoms with Crippen LogP contribution in [0.2, 0.25) is 0 Å².